The van der Waals surface area contributed by atoms with E-state index in [-0.39, 0.29) is 0 Å². The highest BCUT2D eigenvalue weighted by atomic mass is 32.2. The molecular formula is C13H14N6S. The van der Waals surface area contributed by atoms with Crippen molar-refractivity contribution in [1.29, 1.82) is 5.26 Å². The summed E-state index contributed by atoms with van der Waals surface area (Å²) in [7, 11) is 0. The summed E-state index contributed by atoms with van der Waals surface area (Å²) in [6, 6.07) is 3.68. The van der Waals surface area contributed by atoms with E-state index in [1.165, 1.54) is 18.2 Å². The molecule has 0 spiro atoms. The summed E-state index contributed by atoms with van der Waals surface area (Å²) in [6.07, 6.45) is 6.08. The van der Waals surface area contributed by atoms with Gasteiger partial charge < -0.3 is 10.3 Å². The van der Waals surface area contributed by atoms with Crippen molar-refractivity contribution in [1.82, 2.24) is 19.7 Å². The maximum atomic E-state index is 9.00. The molecule has 6 nitrogen and oxygen atoms in total. The van der Waals surface area contributed by atoms with E-state index in [4.69, 9.17) is 11.0 Å². The van der Waals surface area contributed by atoms with Crippen molar-refractivity contribution in [3.8, 4) is 6.07 Å². The predicted molar refractivity (Wildman–Crippen MR) is 75.1 cm³/mol. The number of anilines is 1. The minimum absolute atomic E-state index is 0.408. The van der Waals surface area contributed by atoms with Crippen LogP contribution in [-0.4, -0.2) is 19.7 Å². The second-order valence-electron chi connectivity index (χ2n) is 4.65. The first-order valence-corrected chi connectivity index (χ1v) is 7.36. The van der Waals surface area contributed by atoms with Gasteiger partial charge in [0.2, 0.25) is 0 Å². The van der Waals surface area contributed by atoms with Gasteiger partial charge in [-0.25, -0.2) is 4.98 Å². The van der Waals surface area contributed by atoms with Crippen LogP contribution >= 0.6 is 11.8 Å². The summed E-state index contributed by atoms with van der Waals surface area (Å²) in [5.74, 6) is 1.03. The van der Waals surface area contributed by atoms with E-state index in [0.717, 1.165) is 36.8 Å². The van der Waals surface area contributed by atoms with Gasteiger partial charge in [0.1, 0.15) is 16.9 Å². The van der Waals surface area contributed by atoms with Gasteiger partial charge in [0.25, 0.3) is 0 Å². The van der Waals surface area contributed by atoms with Crippen LogP contribution < -0.4 is 5.73 Å². The normalized spacial score (nSPS) is 14.3. The molecule has 2 aromatic rings. The second-order valence-corrected chi connectivity index (χ2v) is 5.61. The van der Waals surface area contributed by atoms with E-state index in [9.17, 15) is 0 Å². The molecule has 0 saturated carbocycles. The van der Waals surface area contributed by atoms with Gasteiger partial charge in [-0.15, -0.1) is 10.2 Å². The molecule has 102 valence electrons. The zero-order chi connectivity index (χ0) is 13.9. The minimum Gasteiger partial charge on any atom is -0.395 e. The molecule has 0 unspecified atom stereocenters. The minimum atomic E-state index is 0.408. The highest BCUT2D eigenvalue weighted by Gasteiger charge is 2.17. The lowest BCUT2D eigenvalue weighted by Crippen LogP contribution is -2.03. The van der Waals surface area contributed by atoms with Gasteiger partial charge in [0.05, 0.1) is 11.3 Å². The third-order valence-electron chi connectivity index (χ3n) is 3.34. The molecule has 0 bridgehead atoms. The molecule has 0 radical (unpaired) electrons. The van der Waals surface area contributed by atoms with Gasteiger partial charge in [0, 0.05) is 19.2 Å². The maximum absolute atomic E-state index is 9.00. The number of aryl methyl sites for hydroxylation is 1. The van der Waals surface area contributed by atoms with E-state index >= 15 is 0 Å². The molecule has 0 aliphatic carbocycles. The predicted octanol–water partition coefficient (Wildman–Crippen LogP) is 2.00. The number of hydrogen-bond donors (Lipinski definition) is 1. The Balaban J connectivity index is 1.93. The van der Waals surface area contributed by atoms with Crippen molar-refractivity contribution in [2.24, 2.45) is 0 Å². The average molecular weight is 286 g/mol. The van der Waals surface area contributed by atoms with Crippen LogP contribution in [0.15, 0.2) is 22.4 Å². The lowest BCUT2D eigenvalue weighted by Gasteiger charge is -2.07. The highest BCUT2D eigenvalue weighted by Crippen LogP contribution is 2.31. The van der Waals surface area contributed by atoms with E-state index in [1.807, 2.05) is 0 Å². The van der Waals surface area contributed by atoms with Crippen molar-refractivity contribution >= 4 is 17.4 Å². The third kappa shape index (κ3) is 2.34. The van der Waals surface area contributed by atoms with Gasteiger partial charge in [-0.05, 0) is 30.7 Å². The number of nitriles is 1. The highest BCUT2D eigenvalue weighted by molar-refractivity contribution is 7.99. The van der Waals surface area contributed by atoms with Gasteiger partial charge in [-0.3, -0.25) is 0 Å². The quantitative estimate of drug-likeness (QED) is 0.907. The second kappa shape index (κ2) is 5.51. The zero-order valence-corrected chi connectivity index (χ0v) is 11.7. The van der Waals surface area contributed by atoms with Crippen molar-refractivity contribution < 1.29 is 0 Å². The van der Waals surface area contributed by atoms with Gasteiger partial charge >= 0.3 is 0 Å². The molecule has 1 aliphatic heterocycles. The average Bonchev–Trinajstić information content (AvgIpc) is 2.70. The molecular weight excluding hydrogens is 272 g/mol. The summed E-state index contributed by atoms with van der Waals surface area (Å²) in [5, 5.41) is 18.9. The third-order valence-corrected chi connectivity index (χ3v) is 4.34. The fraction of sp³-hybridized carbons (Fsp3) is 0.385. The molecule has 0 saturated heterocycles. The number of fused-ring (bicyclic) bond motifs is 1. The first-order valence-electron chi connectivity index (χ1n) is 6.54. The standard InChI is InChI=1S/C13H14N6S/c14-8-9-5-6-16-12(11(9)15)20-13-18-17-10-4-2-1-3-7-19(10)13/h5-6H,1-4,7,15H2. The summed E-state index contributed by atoms with van der Waals surface area (Å²) in [5.41, 5.74) is 6.81. The van der Waals surface area contributed by atoms with Crippen LogP contribution in [0.1, 0.15) is 30.7 Å². The van der Waals surface area contributed by atoms with E-state index in [1.54, 1.807) is 12.3 Å². The number of nitrogen functional groups attached to an aromatic ring is 1. The Morgan fingerprint density at radius 2 is 2.20 bits per heavy atom. The number of hydrogen-bond acceptors (Lipinski definition) is 6. The van der Waals surface area contributed by atoms with Crippen LogP contribution in [0.3, 0.4) is 0 Å². The number of pyridine rings is 1. The first-order chi connectivity index (χ1) is 9.79. The number of aromatic nitrogens is 4. The lowest BCUT2D eigenvalue weighted by atomic mass is 10.2. The Bertz CT molecular complexity index is 672. The molecule has 2 N–H and O–H groups in total. The molecule has 0 amide bonds. The van der Waals surface area contributed by atoms with Crippen LogP contribution in [0.4, 0.5) is 5.69 Å². The van der Waals surface area contributed by atoms with E-state index in [0.29, 0.717) is 16.3 Å². The topological polar surface area (TPSA) is 93.4 Å². The molecule has 2 aromatic heterocycles. The van der Waals surface area contributed by atoms with Crippen molar-refractivity contribution in [3.05, 3.63) is 23.7 Å². The van der Waals surface area contributed by atoms with Crippen molar-refractivity contribution in [3.63, 3.8) is 0 Å². The fourth-order valence-corrected chi connectivity index (χ4v) is 3.15. The Morgan fingerprint density at radius 1 is 1.30 bits per heavy atom. The molecule has 0 aromatic carbocycles. The largest absolute Gasteiger partial charge is 0.395 e. The number of rotatable bonds is 2. The smallest absolute Gasteiger partial charge is 0.197 e. The van der Waals surface area contributed by atoms with Gasteiger partial charge in [-0.2, -0.15) is 5.26 Å². The van der Waals surface area contributed by atoms with Gasteiger partial charge in [0.15, 0.2) is 5.16 Å². The van der Waals surface area contributed by atoms with Crippen molar-refractivity contribution in [2.75, 3.05) is 5.73 Å². The molecule has 3 rings (SSSR count). The Labute approximate surface area is 121 Å². The molecule has 20 heavy (non-hydrogen) atoms. The van der Waals surface area contributed by atoms with Crippen LogP contribution in [0.2, 0.25) is 0 Å². The molecule has 0 atom stereocenters. The molecule has 1 aliphatic rings. The SMILES string of the molecule is N#Cc1ccnc(Sc2nnc3n2CCCCC3)c1N. The molecule has 0 fully saturated rings. The lowest BCUT2D eigenvalue weighted by molar-refractivity contribution is 0.590. The van der Waals surface area contributed by atoms with Crippen LogP contribution in [0, 0.1) is 11.3 Å². The molecule has 3 heterocycles. The fourth-order valence-electron chi connectivity index (χ4n) is 2.25. The first kappa shape index (κ1) is 12.9. The number of nitrogens with two attached hydrogens (primary N) is 1. The van der Waals surface area contributed by atoms with Crippen LogP contribution in [0.25, 0.3) is 0 Å². The van der Waals surface area contributed by atoms with E-state index < -0.39 is 0 Å². The van der Waals surface area contributed by atoms with Crippen molar-refractivity contribution in [2.45, 2.75) is 42.4 Å². The summed E-state index contributed by atoms with van der Waals surface area (Å²) in [4.78, 5) is 4.24. The summed E-state index contributed by atoms with van der Waals surface area (Å²) < 4.78 is 2.14. The Kier molecular flexibility index (Phi) is 3.56. The van der Waals surface area contributed by atoms with Gasteiger partial charge in [-0.1, -0.05) is 6.42 Å². The summed E-state index contributed by atoms with van der Waals surface area (Å²) in [6.45, 7) is 0.933. The molecule has 7 heteroatoms. The van der Waals surface area contributed by atoms with E-state index in [2.05, 4.69) is 25.8 Å². The number of nitrogens with zero attached hydrogens (tertiary/aromatic N) is 5. The Hall–Kier alpha value is -2.07. The zero-order valence-electron chi connectivity index (χ0n) is 10.9. The summed E-state index contributed by atoms with van der Waals surface area (Å²) >= 11 is 1.38. The Morgan fingerprint density at radius 3 is 3.05 bits per heavy atom. The monoisotopic (exact) mass is 286 g/mol. The maximum Gasteiger partial charge on any atom is 0.197 e. The van der Waals surface area contributed by atoms with Crippen LogP contribution in [0.5, 0.6) is 0 Å². The van der Waals surface area contributed by atoms with Crippen LogP contribution in [-0.2, 0) is 13.0 Å².